The van der Waals surface area contributed by atoms with Gasteiger partial charge in [-0.05, 0) is 31.8 Å². The van der Waals surface area contributed by atoms with Gasteiger partial charge in [0.25, 0.3) is 0 Å². The van der Waals surface area contributed by atoms with Crippen molar-refractivity contribution < 1.29 is 4.48 Å². The zero-order valence-electron chi connectivity index (χ0n) is 7.84. The molecule has 1 nitrogen and oxygen atoms in total. The fraction of sp³-hybridized carbons (Fsp3) is 0.800. The van der Waals surface area contributed by atoms with E-state index in [2.05, 4.69) is 20.7 Å². The molecular weight excluding hydrogens is 134 g/mol. The van der Waals surface area contributed by atoms with Gasteiger partial charge in [0.2, 0.25) is 0 Å². The number of quaternary nitrogens is 1. The highest BCUT2D eigenvalue weighted by Gasteiger charge is 2.29. The number of hydrogen-bond donors (Lipinski definition) is 0. The third kappa shape index (κ3) is 2.06. The number of nitrogens with zero attached hydrogens (tertiary/aromatic N) is 1. The van der Waals surface area contributed by atoms with Gasteiger partial charge in [0.1, 0.15) is 0 Å². The third-order valence-electron chi connectivity index (χ3n) is 2.91. The lowest BCUT2D eigenvalue weighted by molar-refractivity contribution is -0.908. The molecule has 0 amide bonds. The van der Waals surface area contributed by atoms with E-state index in [9.17, 15) is 0 Å². The van der Waals surface area contributed by atoms with Crippen molar-refractivity contribution in [3.05, 3.63) is 12.7 Å². The van der Waals surface area contributed by atoms with Crippen LogP contribution in [0.4, 0.5) is 0 Å². The highest BCUT2D eigenvalue weighted by atomic mass is 15.3. The zero-order valence-corrected chi connectivity index (χ0v) is 7.84. The molecule has 1 aliphatic carbocycles. The summed E-state index contributed by atoms with van der Waals surface area (Å²) in [4.78, 5) is 0. The van der Waals surface area contributed by atoms with Crippen LogP contribution in [0.2, 0.25) is 0 Å². The molecule has 0 heterocycles. The molecule has 0 saturated heterocycles. The van der Waals surface area contributed by atoms with Crippen molar-refractivity contribution in [1.82, 2.24) is 0 Å². The van der Waals surface area contributed by atoms with Gasteiger partial charge in [-0.1, -0.05) is 6.58 Å². The molecule has 64 valence electrons. The van der Waals surface area contributed by atoms with E-state index in [4.69, 9.17) is 0 Å². The van der Waals surface area contributed by atoms with Gasteiger partial charge in [0, 0.05) is 0 Å². The number of hydrogen-bond acceptors (Lipinski definition) is 0. The van der Waals surface area contributed by atoms with Crippen LogP contribution in [0.25, 0.3) is 0 Å². The second-order valence-corrected chi connectivity index (χ2v) is 4.19. The van der Waals surface area contributed by atoms with E-state index < -0.39 is 0 Å². The zero-order chi connectivity index (χ0) is 8.32. The molecule has 1 fully saturated rings. The molecule has 0 aromatic rings. The van der Waals surface area contributed by atoms with E-state index in [1.54, 1.807) is 0 Å². The summed E-state index contributed by atoms with van der Waals surface area (Å²) in [6.45, 7) is 4.92. The lowest BCUT2D eigenvalue weighted by Crippen LogP contribution is -2.47. The average Bonchev–Trinajstić information content (AvgIpc) is 2.37. The van der Waals surface area contributed by atoms with Gasteiger partial charge in [0.05, 0.1) is 26.7 Å². The van der Waals surface area contributed by atoms with Crippen molar-refractivity contribution in [2.75, 3.05) is 20.6 Å². The molecule has 1 aliphatic rings. The lowest BCUT2D eigenvalue weighted by Gasteiger charge is -2.35. The summed E-state index contributed by atoms with van der Waals surface area (Å²) in [5.74, 6) is 0. The van der Waals surface area contributed by atoms with E-state index in [1.165, 1.54) is 25.7 Å². The molecule has 0 atom stereocenters. The fourth-order valence-electron chi connectivity index (χ4n) is 2.09. The van der Waals surface area contributed by atoms with E-state index in [-0.39, 0.29) is 0 Å². The number of rotatable bonds is 3. The van der Waals surface area contributed by atoms with Gasteiger partial charge in [0.15, 0.2) is 0 Å². The second kappa shape index (κ2) is 3.40. The van der Waals surface area contributed by atoms with Gasteiger partial charge >= 0.3 is 0 Å². The minimum atomic E-state index is 0.896. The summed E-state index contributed by atoms with van der Waals surface area (Å²) in [6.07, 6.45) is 7.74. The highest BCUT2D eigenvalue weighted by Crippen LogP contribution is 2.26. The maximum atomic E-state index is 3.80. The summed E-state index contributed by atoms with van der Waals surface area (Å²) in [6, 6.07) is 0.896. The molecule has 1 rings (SSSR count). The SMILES string of the molecule is C=CC[N+](C)(C)C1CCCC1. The maximum absolute atomic E-state index is 3.80. The first-order valence-electron chi connectivity index (χ1n) is 4.60. The first-order valence-corrected chi connectivity index (χ1v) is 4.60. The minimum absolute atomic E-state index is 0.896. The van der Waals surface area contributed by atoms with Crippen LogP contribution < -0.4 is 0 Å². The first kappa shape index (κ1) is 8.79. The topological polar surface area (TPSA) is 0 Å². The van der Waals surface area contributed by atoms with Crippen LogP contribution in [0.3, 0.4) is 0 Å². The van der Waals surface area contributed by atoms with Crippen molar-refractivity contribution >= 4 is 0 Å². The normalized spacial score (nSPS) is 20.5. The van der Waals surface area contributed by atoms with E-state index >= 15 is 0 Å². The Hall–Kier alpha value is -0.300. The molecule has 0 N–H and O–H groups in total. The molecule has 0 unspecified atom stereocenters. The second-order valence-electron chi connectivity index (χ2n) is 4.19. The average molecular weight is 154 g/mol. The Morgan fingerprint density at radius 2 is 1.91 bits per heavy atom. The lowest BCUT2D eigenvalue weighted by atomic mass is 10.2. The highest BCUT2D eigenvalue weighted by molar-refractivity contribution is 4.71. The molecule has 1 heteroatoms. The molecule has 1 saturated carbocycles. The largest absolute Gasteiger partial charge is 0.323 e. The summed E-state index contributed by atoms with van der Waals surface area (Å²) in [5, 5.41) is 0. The monoisotopic (exact) mass is 154 g/mol. The van der Waals surface area contributed by atoms with Crippen molar-refractivity contribution in [3.63, 3.8) is 0 Å². The molecule has 0 bridgehead atoms. The van der Waals surface area contributed by atoms with Crippen LogP contribution in [0.15, 0.2) is 12.7 Å². The maximum Gasteiger partial charge on any atom is 0.0969 e. The minimum Gasteiger partial charge on any atom is -0.323 e. The van der Waals surface area contributed by atoms with Crippen LogP contribution in [0, 0.1) is 0 Å². The predicted molar refractivity (Wildman–Crippen MR) is 49.4 cm³/mol. The summed E-state index contributed by atoms with van der Waals surface area (Å²) >= 11 is 0. The van der Waals surface area contributed by atoms with Crippen LogP contribution >= 0.6 is 0 Å². The van der Waals surface area contributed by atoms with Crippen LogP contribution in [-0.4, -0.2) is 31.2 Å². The molecule has 0 aliphatic heterocycles. The molecule has 0 radical (unpaired) electrons. The first-order chi connectivity index (χ1) is 5.17. The standard InChI is InChI=1S/C10H20N/c1-4-9-11(2,3)10-7-5-6-8-10/h4,10H,1,5-9H2,2-3H3/q+1. The van der Waals surface area contributed by atoms with Crippen LogP contribution in [0.1, 0.15) is 25.7 Å². The summed E-state index contributed by atoms with van der Waals surface area (Å²) in [7, 11) is 4.63. The van der Waals surface area contributed by atoms with Gasteiger partial charge in [-0.15, -0.1) is 0 Å². The summed E-state index contributed by atoms with van der Waals surface area (Å²) < 4.78 is 1.14. The van der Waals surface area contributed by atoms with Gasteiger partial charge < -0.3 is 4.48 Å². The molecule has 11 heavy (non-hydrogen) atoms. The Morgan fingerprint density at radius 1 is 1.36 bits per heavy atom. The van der Waals surface area contributed by atoms with Gasteiger partial charge in [-0.3, -0.25) is 0 Å². The molecule has 0 aromatic carbocycles. The van der Waals surface area contributed by atoms with E-state index in [0.717, 1.165) is 17.1 Å². The summed E-state index contributed by atoms with van der Waals surface area (Å²) in [5.41, 5.74) is 0. The van der Waals surface area contributed by atoms with E-state index in [0.29, 0.717) is 0 Å². The van der Waals surface area contributed by atoms with Crippen LogP contribution in [-0.2, 0) is 0 Å². The Labute approximate surface area is 70.3 Å². The smallest absolute Gasteiger partial charge is 0.0969 e. The van der Waals surface area contributed by atoms with Crippen LogP contribution in [0.5, 0.6) is 0 Å². The molecule has 0 aromatic heterocycles. The third-order valence-corrected chi connectivity index (χ3v) is 2.91. The van der Waals surface area contributed by atoms with Crippen molar-refractivity contribution in [1.29, 1.82) is 0 Å². The van der Waals surface area contributed by atoms with Crippen molar-refractivity contribution in [3.8, 4) is 0 Å². The van der Waals surface area contributed by atoms with Crippen molar-refractivity contribution in [2.24, 2.45) is 0 Å². The predicted octanol–water partition coefficient (Wildman–Crippen LogP) is 2.19. The Bertz CT molecular complexity index is 132. The van der Waals surface area contributed by atoms with Gasteiger partial charge in [-0.25, -0.2) is 0 Å². The number of likely N-dealkylation sites (N-methyl/N-ethyl adjacent to an activating group) is 1. The Kier molecular flexibility index (Phi) is 2.72. The van der Waals surface area contributed by atoms with Crippen molar-refractivity contribution in [2.45, 2.75) is 31.7 Å². The fourth-order valence-corrected chi connectivity index (χ4v) is 2.09. The molecule has 0 spiro atoms. The quantitative estimate of drug-likeness (QED) is 0.432. The van der Waals surface area contributed by atoms with E-state index in [1.807, 2.05) is 6.08 Å². The molecular formula is C10H20N+. The Morgan fingerprint density at radius 3 is 2.36 bits per heavy atom. The van der Waals surface area contributed by atoms with Gasteiger partial charge in [-0.2, -0.15) is 0 Å². The Balaban J connectivity index is 2.47.